The molecule has 10 heteroatoms. The zero-order chi connectivity index (χ0) is 26.4. The SMILES string of the molecule is CC.CCCCCC(=O)N1CCCC1.CN(C(=O)C1(N(C=O)C=O)CC1)c1ccc(C(F)F)nc1. The van der Waals surface area contributed by atoms with Crippen molar-refractivity contribution < 1.29 is 28.0 Å². The molecule has 1 aliphatic heterocycles. The minimum atomic E-state index is -2.68. The number of unbranched alkanes of at least 4 members (excludes halogenated alkanes) is 2. The molecule has 4 amide bonds. The fourth-order valence-electron chi connectivity index (χ4n) is 3.73. The van der Waals surface area contributed by atoms with Crippen LogP contribution in [0.2, 0.25) is 0 Å². The van der Waals surface area contributed by atoms with E-state index < -0.39 is 17.9 Å². The van der Waals surface area contributed by atoms with Crippen LogP contribution in [0.4, 0.5) is 14.5 Å². The number of halogens is 2. The number of hydrogen-bond donors (Lipinski definition) is 0. The average molecular weight is 497 g/mol. The molecule has 35 heavy (non-hydrogen) atoms. The molecule has 2 fully saturated rings. The molecule has 1 aliphatic carbocycles. The highest BCUT2D eigenvalue weighted by Gasteiger charge is 2.56. The van der Waals surface area contributed by atoms with E-state index in [0.717, 1.165) is 43.1 Å². The number of carbonyl (C=O) groups excluding carboxylic acids is 4. The molecule has 0 N–H and O–H groups in total. The Balaban J connectivity index is 0.000000372. The van der Waals surface area contributed by atoms with Gasteiger partial charge in [0.2, 0.25) is 18.7 Å². The number of likely N-dealkylation sites (N-methyl/N-ethyl adjacent to an activating group) is 1. The van der Waals surface area contributed by atoms with Gasteiger partial charge in [-0.3, -0.25) is 29.1 Å². The van der Waals surface area contributed by atoms with Crippen LogP contribution in [-0.4, -0.2) is 65.1 Å². The molecular weight excluding hydrogens is 458 g/mol. The van der Waals surface area contributed by atoms with Gasteiger partial charge in [0.05, 0.1) is 11.9 Å². The van der Waals surface area contributed by atoms with Crippen LogP contribution >= 0.6 is 0 Å². The number of alkyl halides is 2. The lowest BCUT2D eigenvalue weighted by Crippen LogP contribution is -2.49. The fraction of sp³-hybridized carbons (Fsp3) is 0.640. The Bertz CT molecular complexity index is 802. The summed E-state index contributed by atoms with van der Waals surface area (Å²) in [4.78, 5) is 53.1. The third kappa shape index (κ3) is 8.36. The first kappa shape index (κ1) is 30.1. The second kappa shape index (κ2) is 15.2. The van der Waals surface area contributed by atoms with Crippen LogP contribution < -0.4 is 4.90 Å². The topological polar surface area (TPSA) is 90.9 Å². The van der Waals surface area contributed by atoms with Crippen LogP contribution in [0.15, 0.2) is 18.3 Å². The lowest BCUT2D eigenvalue weighted by atomic mass is 10.2. The molecule has 0 spiro atoms. The second-order valence-electron chi connectivity index (χ2n) is 8.30. The Labute approximate surface area is 206 Å². The first-order chi connectivity index (χ1) is 16.8. The molecular formula is C25H38F2N4O4. The van der Waals surface area contributed by atoms with Crippen LogP contribution in [0.3, 0.4) is 0 Å². The molecule has 2 aliphatic rings. The van der Waals surface area contributed by atoms with Crippen molar-refractivity contribution in [1.82, 2.24) is 14.8 Å². The van der Waals surface area contributed by atoms with E-state index in [0.29, 0.717) is 37.3 Å². The zero-order valence-electron chi connectivity index (χ0n) is 21.2. The maximum Gasteiger partial charge on any atom is 0.280 e. The average Bonchev–Trinajstić information content (AvgIpc) is 3.49. The van der Waals surface area contributed by atoms with Gasteiger partial charge in [-0.05, 0) is 44.2 Å². The number of nitrogens with zero attached hydrogens (tertiary/aromatic N) is 4. The molecule has 2 heterocycles. The van der Waals surface area contributed by atoms with Crippen molar-refractivity contribution in [2.75, 3.05) is 25.0 Å². The number of rotatable bonds is 10. The van der Waals surface area contributed by atoms with E-state index in [4.69, 9.17) is 0 Å². The van der Waals surface area contributed by atoms with Gasteiger partial charge < -0.3 is 9.80 Å². The first-order valence-electron chi connectivity index (χ1n) is 12.3. The van der Waals surface area contributed by atoms with E-state index in [9.17, 15) is 28.0 Å². The maximum absolute atomic E-state index is 12.4. The minimum Gasteiger partial charge on any atom is -0.343 e. The quantitative estimate of drug-likeness (QED) is 0.355. The van der Waals surface area contributed by atoms with Crippen LogP contribution in [0.5, 0.6) is 0 Å². The maximum atomic E-state index is 12.4. The van der Waals surface area contributed by atoms with Gasteiger partial charge in [-0.15, -0.1) is 0 Å². The zero-order valence-corrected chi connectivity index (χ0v) is 21.2. The van der Waals surface area contributed by atoms with E-state index in [1.165, 1.54) is 43.7 Å². The number of aromatic nitrogens is 1. The number of likely N-dealkylation sites (tertiary alicyclic amines) is 1. The molecule has 1 saturated heterocycles. The van der Waals surface area contributed by atoms with Crippen LogP contribution in [0, 0.1) is 0 Å². The highest BCUT2D eigenvalue weighted by molar-refractivity contribution is 6.04. The number of hydrogen-bond acceptors (Lipinski definition) is 5. The summed E-state index contributed by atoms with van der Waals surface area (Å²) in [5.41, 5.74) is -1.23. The summed E-state index contributed by atoms with van der Waals surface area (Å²) in [5.74, 6) is -0.0748. The molecule has 8 nitrogen and oxygen atoms in total. The summed E-state index contributed by atoms with van der Waals surface area (Å²) in [6.07, 6.45) is 6.52. The van der Waals surface area contributed by atoms with E-state index in [1.54, 1.807) is 0 Å². The highest BCUT2D eigenvalue weighted by Crippen LogP contribution is 2.42. The number of anilines is 1. The van der Waals surface area contributed by atoms with Crippen molar-refractivity contribution in [3.63, 3.8) is 0 Å². The van der Waals surface area contributed by atoms with Crippen LogP contribution in [-0.2, 0) is 19.2 Å². The Morgan fingerprint density at radius 1 is 1.11 bits per heavy atom. The Hall–Kier alpha value is -2.91. The molecule has 0 radical (unpaired) electrons. The van der Waals surface area contributed by atoms with Crippen molar-refractivity contribution in [3.8, 4) is 0 Å². The van der Waals surface area contributed by atoms with Gasteiger partial charge in [0.25, 0.3) is 12.3 Å². The van der Waals surface area contributed by atoms with E-state index in [-0.39, 0.29) is 5.69 Å². The fourth-order valence-corrected chi connectivity index (χ4v) is 3.73. The Kier molecular flexibility index (Phi) is 13.0. The monoisotopic (exact) mass is 496 g/mol. The Morgan fingerprint density at radius 2 is 1.71 bits per heavy atom. The van der Waals surface area contributed by atoms with E-state index in [1.807, 2.05) is 18.7 Å². The normalized spacial score (nSPS) is 15.2. The summed E-state index contributed by atoms with van der Waals surface area (Å²) >= 11 is 0. The van der Waals surface area contributed by atoms with Gasteiger partial charge in [0, 0.05) is 26.6 Å². The van der Waals surface area contributed by atoms with Gasteiger partial charge >= 0.3 is 0 Å². The second-order valence-corrected chi connectivity index (χ2v) is 8.30. The largest absolute Gasteiger partial charge is 0.343 e. The third-order valence-electron chi connectivity index (χ3n) is 5.98. The smallest absolute Gasteiger partial charge is 0.280 e. The predicted molar refractivity (Wildman–Crippen MR) is 130 cm³/mol. The third-order valence-corrected chi connectivity index (χ3v) is 5.98. The number of imide groups is 1. The lowest BCUT2D eigenvalue weighted by molar-refractivity contribution is -0.140. The predicted octanol–water partition coefficient (Wildman–Crippen LogP) is 4.34. The van der Waals surface area contributed by atoms with Crippen molar-refractivity contribution in [1.29, 1.82) is 0 Å². The van der Waals surface area contributed by atoms with Crippen molar-refractivity contribution in [3.05, 3.63) is 24.0 Å². The van der Waals surface area contributed by atoms with E-state index >= 15 is 0 Å². The summed E-state index contributed by atoms with van der Waals surface area (Å²) in [7, 11) is 1.44. The summed E-state index contributed by atoms with van der Waals surface area (Å²) in [6, 6.07) is 2.47. The van der Waals surface area contributed by atoms with Crippen molar-refractivity contribution >= 4 is 30.3 Å². The van der Waals surface area contributed by atoms with E-state index in [2.05, 4.69) is 11.9 Å². The number of pyridine rings is 1. The van der Waals surface area contributed by atoms with Gasteiger partial charge in [0.1, 0.15) is 11.2 Å². The molecule has 196 valence electrons. The Morgan fingerprint density at radius 3 is 2.14 bits per heavy atom. The van der Waals surface area contributed by atoms with Crippen molar-refractivity contribution in [2.24, 2.45) is 0 Å². The molecule has 3 rings (SSSR count). The summed E-state index contributed by atoms with van der Waals surface area (Å²) in [6.45, 7) is 8.18. The minimum absolute atomic E-state index is 0.309. The van der Waals surface area contributed by atoms with Crippen LogP contribution in [0.1, 0.15) is 84.3 Å². The van der Waals surface area contributed by atoms with Gasteiger partial charge in [-0.1, -0.05) is 33.6 Å². The van der Waals surface area contributed by atoms with Gasteiger partial charge in [0.15, 0.2) is 0 Å². The van der Waals surface area contributed by atoms with Crippen LogP contribution in [0.25, 0.3) is 0 Å². The summed E-state index contributed by atoms with van der Waals surface area (Å²) < 4.78 is 24.9. The lowest BCUT2D eigenvalue weighted by Gasteiger charge is -2.27. The molecule has 0 aromatic carbocycles. The first-order valence-corrected chi connectivity index (χ1v) is 12.3. The molecule has 0 bridgehead atoms. The summed E-state index contributed by atoms with van der Waals surface area (Å²) in [5, 5.41) is 0. The molecule has 0 atom stereocenters. The molecule has 1 aromatic rings. The molecule has 0 unspecified atom stereocenters. The van der Waals surface area contributed by atoms with Gasteiger partial charge in [-0.2, -0.15) is 0 Å². The highest BCUT2D eigenvalue weighted by atomic mass is 19.3. The molecule has 1 aromatic heterocycles. The molecule has 1 saturated carbocycles. The van der Waals surface area contributed by atoms with Crippen molar-refractivity contribution in [2.45, 2.75) is 84.1 Å². The number of amides is 4. The standard InChI is InChI=1S/C13H13F2N3O3.C10H19NO.C2H6/c1-17(9-2-3-10(11(14)15)16-6-9)12(21)13(4-5-13)18(7-19)8-20;1-2-3-4-7-10(12)11-8-5-6-9-11;1-2/h2-3,6-8,11H,4-5H2,1H3;2-9H2,1H3;1-2H3. The number of carbonyl (C=O) groups is 4. The van der Waals surface area contributed by atoms with Gasteiger partial charge in [-0.25, -0.2) is 8.78 Å².